The summed E-state index contributed by atoms with van der Waals surface area (Å²) in [6.07, 6.45) is 1.22. The maximum atomic E-state index is 11.5. The number of hydrogen-bond acceptors (Lipinski definition) is 3. The van der Waals surface area contributed by atoms with Crippen molar-refractivity contribution in [2.75, 3.05) is 5.75 Å². The third kappa shape index (κ3) is 5.05. The molecule has 0 atom stereocenters. The van der Waals surface area contributed by atoms with Crippen molar-refractivity contribution in [1.29, 1.82) is 0 Å². The van der Waals surface area contributed by atoms with Crippen LogP contribution in [0.5, 0.6) is 5.75 Å². The van der Waals surface area contributed by atoms with E-state index in [9.17, 15) is 9.90 Å². The fraction of sp³-hybridized carbons (Fsp3) is 0.632. The lowest BCUT2D eigenvalue weighted by Gasteiger charge is -2.28. The summed E-state index contributed by atoms with van der Waals surface area (Å²) in [7, 11) is 0. The summed E-state index contributed by atoms with van der Waals surface area (Å²) in [5.41, 5.74) is 1.73. The second-order valence-corrected chi connectivity index (χ2v) is 9.03. The minimum absolute atomic E-state index is 0.111. The van der Waals surface area contributed by atoms with E-state index in [4.69, 9.17) is 0 Å². The first-order valence-electron chi connectivity index (χ1n) is 7.99. The molecule has 0 spiro atoms. The maximum Gasteiger partial charge on any atom is 0.133 e. The minimum atomic E-state index is -0.111. The van der Waals surface area contributed by atoms with Crippen LogP contribution in [-0.4, -0.2) is 16.6 Å². The molecule has 3 heteroatoms. The molecule has 0 amide bonds. The smallest absolute Gasteiger partial charge is 0.133 e. The topological polar surface area (TPSA) is 37.3 Å². The molecular formula is C19H30O2S. The molecule has 0 saturated heterocycles. The van der Waals surface area contributed by atoms with Crippen LogP contribution in [0, 0.1) is 0 Å². The number of benzene rings is 1. The van der Waals surface area contributed by atoms with Crippen LogP contribution in [-0.2, 0) is 15.6 Å². The van der Waals surface area contributed by atoms with Crippen molar-refractivity contribution >= 4 is 17.5 Å². The zero-order valence-corrected chi connectivity index (χ0v) is 15.9. The van der Waals surface area contributed by atoms with Crippen LogP contribution < -0.4 is 0 Å². The summed E-state index contributed by atoms with van der Waals surface area (Å²) in [4.78, 5) is 12.6. The van der Waals surface area contributed by atoms with Gasteiger partial charge in [0.25, 0.3) is 0 Å². The molecule has 0 bridgehead atoms. The van der Waals surface area contributed by atoms with E-state index in [0.29, 0.717) is 24.4 Å². The van der Waals surface area contributed by atoms with Gasteiger partial charge in [0.05, 0.1) is 0 Å². The van der Waals surface area contributed by atoms with Crippen LogP contribution in [0.1, 0.15) is 72.4 Å². The Morgan fingerprint density at radius 1 is 1.05 bits per heavy atom. The third-order valence-corrected chi connectivity index (χ3v) is 4.72. The molecule has 0 aliphatic heterocycles. The number of aromatic hydroxyl groups is 1. The molecule has 0 aromatic heterocycles. The summed E-state index contributed by atoms with van der Waals surface area (Å²) in [6, 6.07) is 4.15. The van der Waals surface area contributed by atoms with Crippen LogP contribution in [0.2, 0.25) is 0 Å². The third-order valence-electron chi connectivity index (χ3n) is 3.74. The summed E-state index contributed by atoms with van der Waals surface area (Å²) in [5.74, 6) is 1.51. The van der Waals surface area contributed by atoms with Gasteiger partial charge in [0.1, 0.15) is 11.5 Å². The lowest BCUT2D eigenvalue weighted by Crippen LogP contribution is -2.17. The van der Waals surface area contributed by atoms with Crippen LogP contribution in [0.25, 0.3) is 0 Å². The van der Waals surface area contributed by atoms with E-state index in [2.05, 4.69) is 53.7 Å². The van der Waals surface area contributed by atoms with E-state index >= 15 is 0 Å². The minimum Gasteiger partial charge on any atom is -0.507 e. The van der Waals surface area contributed by atoms with Gasteiger partial charge >= 0.3 is 0 Å². The molecule has 0 aliphatic rings. The molecule has 2 nitrogen and oxygen atoms in total. The van der Waals surface area contributed by atoms with Gasteiger partial charge in [0, 0.05) is 34.6 Å². The number of phenolic OH excluding ortho intramolecular Hbond substituents is 1. The van der Waals surface area contributed by atoms with E-state index in [-0.39, 0.29) is 10.8 Å². The molecule has 1 aromatic carbocycles. The van der Waals surface area contributed by atoms with Gasteiger partial charge in [-0.2, -0.15) is 0 Å². The Balaban J connectivity index is 3.16. The first-order chi connectivity index (χ1) is 9.96. The quantitative estimate of drug-likeness (QED) is 0.733. The van der Waals surface area contributed by atoms with E-state index in [1.165, 1.54) is 0 Å². The molecule has 0 saturated carbocycles. The van der Waals surface area contributed by atoms with Crippen LogP contribution in [0.15, 0.2) is 17.0 Å². The highest BCUT2D eigenvalue weighted by molar-refractivity contribution is 7.99. The standard InChI is InChI=1S/C19H30O2S/c1-8-13(20)9-10-22-14-11-15(18(2,3)4)17(21)16(12-14)19(5,6)7/h11-12,21H,8-10H2,1-7H3. The van der Waals surface area contributed by atoms with E-state index < -0.39 is 0 Å². The first-order valence-corrected chi connectivity index (χ1v) is 8.98. The number of hydrogen-bond donors (Lipinski definition) is 1. The van der Waals surface area contributed by atoms with E-state index in [0.717, 1.165) is 21.8 Å². The molecule has 1 aromatic rings. The van der Waals surface area contributed by atoms with Crippen LogP contribution in [0.4, 0.5) is 0 Å². The zero-order valence-electron chi connectivity index (χ0n) is 15.0. The number of carbonyl (C=O) groups is 1. The summed E-state index contributed by atoms with van der Waals surface area (Å²) >= 11 is 1.70. The van der Waals surface area contributed by atoms with E-state index in [1.807, 2.05) is 6.92 Å². The average Bonchev–Trinajstić information content (AvgIpc) is 2.37. The Morgan fingerprint density at radius 3 is 1.86 bits per heavy atom. The second kappa shape index (κ2) is 7.08. The lowest BCUT2D eigenvalue weighted by atomic mass is 9.79. The molecule has 0 radical (unpaired) electrons. The molecule has 1 rings (SSSR count). The van der Waals surface area contributed by atoms with Crippen LogP contribution in [0.3, 0.4) is 0 Å². The first kappa shape index (κ1) is 19.1. The number of thioether (sulfide) groups is 1. The van der Waals surface area contributed by atoms with Crippen LogP contribution >= 0.6 is 11.8 Å². The number of Topliss-reactive ketones (excluding diaryl/α,β-unsaturated/α-hetero) is 1. The van der Waals surface area contributed by atoms with Gasteiger partial charge < -0.3 is 5.11 Å². The van der Waals surface area contributed by atoms with Crippen molar-refractivity contribution in [2.45, 2.75) is 77.0 Å². The Bertz CT molecular complexity index is 498. The fourth-order valence-corrected chi connectivity index (χ4v) is 3.26. The van der Waals surface area contributed by atoms with Gasteiger partial charge in [0.2, 0.25) is 0 Å². The van der Waals surface area contributed by atoms with Crippen molar-refractivity contribution < 1.29 is 9.90 Å². The molecule has 0 heterocycles. The van der Waals surface area contributed by atoms with Gasteiger partial charge in [-0.05, 0) is 23.0 Å². The molecule has 1 N–H and O–H groups in total. The maximum absolute atomic E-state index is 11.5. The SMILES string of the molecule is CCC(=O)CCSc1cc(C(C)(C)C)c(O)c(C(C)(C)C)c1. The zero-order chi connectivity index (χ0) is 17.1. The highest BCUT2D eigenvalue weighted by Crippen LogP contribution is 2.41. The Labute approximate surface area is 139 Å². The molecule has 124 valence electrons. The highest BCUT2D eigenvalue weighted by Gasteiger charge is 2.26. The lowest BCUT2D eigenvalue weighted by molar-refractivity contribution is -0.118. The predicted octanol–water partition coefficient (Wildman–Crippen LogP) is 5.45. The number of carbonyl (C=O) groups excluding carboxylic acids is 1. The Morgan fingerprint density at radius 2 is 1.50 bits per heavy atom. The monoisotopic (exact) mass is 322 g/mol. The average molecular weight is 323 g/mol. The largest absolute Gasteiger partial charge is 0.507 e. The Kier molecular flexibility index (Phi) is 6.14. The molecule has 0 fully saturated rings. The molecule has 22 heavy (non-hydrogen) atoms. The van der Waals surface area contributed by atoms with Gasteiger partial charge in [0.15, 0.2) is 0 Å². The van der Waals surface area contributed by atoms with Crippen molar-refractivity contribution in [1.82, 2.24) is 0 Å². The van der Waals surface area contributed by atoms with Crippen molar-refractivity contribution in [3.05, 3.63) is 23.3 Å². The van der Waals surface area contributed by atoms with Gasteiger partial charge in [-0.3, -0.25) is 4.79 Å². The summed E-state index contributed by atoms with van der Waals surface area (Å²) in [5, 5.41) is 10.7. The normalized spacial score (nSPS) is 12.5. The van der Waals surface area contributed by atoms with Gasteiger partial charge in [-0.1, -0.05) is 48.5 Å². The number of rotatable bonds is 5. The Hall–Kier alpha value is -0.960. The highest BCUT2D eigenvalue weighted by atomic mass is 32.2. The van der Waals surface area contributed by atoms with Gasteiger partial charge in [-0.15, -0.1) is 11.8 Å². The fourth-order valence-electron chi connectivity index (χ4n) is 2.29. The predicted molar refractivity (Wildman–Crippen MR) is 96.1 cm³/mol. The summed E-state index contributed by atoms with van der Waals surface area (Å²) in [6.45, 7) is 14.6. The molecule has 0 unspecified atom stereocenters. The summed E-state index contributed by atoms with van der Waals surface area (Å²) < 4.78 is 0. The van der Waals surface area contributed by atoms with Crippen molar-refractivity contribution in [3.8, 4) is 5.75 Å². The van der Waals surface area contributed by atoms with Crippen molar-refractivity contribution in [2.24, 2.45) is 0 Å². The van der Waals surface area contributed by atoms with Crippen molar-refractivity contribution in [3.63, 3.8) is 0 Å². The second-order valence-electron chi connectivity index (χ2n) is 7.86. The van der Waals surface area contributed by atoms with Gasteiger partial charge in [-0.25, -0.2) is 0 Å². The molecular weight excluding hydrogens is 292 g/mol. The number of ketones is 1. The number of phenols is 1. The molecule has 0 aliphatic carbocycles. The van der Waals surface area contributed by atoms with E-state index in [1.54, 1.807) is 11.8 Å².